The van der Waals surface area contributed by atoms with Gasteiger partial charge in [0, 0.05) is 10.7 Å². The molecule has 0 aliphatic carbocycles. The summed E-state index contributed by atoms with van der Waals surface area (Å²) in [6, 6.07) is 6.60. The van der Waals surface area contributed by atoms with Crippen LogP contribution < -0.4 is 5.73 Å². The normalized spacial score (nSPS) is 13.5. The second-order valence-electron chi connectivity index (χ2n) is 3.46. The van der Waals surface area contributed by atoms with E-state index in [1.165, 1.54) is 21.2 Å². The summed E-state index contributed by atoms with van der Waals surface area (Å²) in [5, 5.41) is 3.54. The second-order valence-corrected chi connectivity index (χ2v) is 4.37. The van der Waals surface area contributed by atoms with Gasteiger partial charge in [-0.05, 0) is 47.9 Å². The molecule has 0 amide bonds. The Labute approximate surface area is 82.2 Å². The summed E-state index contributed by atoms with van der Waals surface area (Å²) in [5.74, 6) is 0. The van der Waals surface area contributed by atoms with Gasteiger partial charge >= 0.3 is 0 Å². The van der Waals surface area contributed by atoms with Crippen molar-refractivity contribution in [3.8, 4) is 0 Å². The Morgan fingerprint density at radius 3 is 2.85 bits per heavy atom. The topological polar surface area (TPSA) is 26.0 Å². The van der Waals surface area contributed by atoms with E-state index in [0.717, 1.165) is 0 Å². The van der Waals surface area contributed by atoms with Crippen molar-refractivity contribution in [2.24, 2.45) is 5.73 Å². The third kappa shape index (κ3) is 1.47. The molecular weight excluding hydrogens is 178 g/mol. The second kappa shape index (κ2) is 3.13. The fourth-order valence-electron chi connectivity index (χ4n) is 1.46. The molecule has 0 aliphatic heterocycles. The van der Waals surface area contributed by atoms with Gasteiger partial charge in [0.2, 0.25) is 0 Å². The van der Waals surface area contributed by atoms with Crippen LogP contribution in [0.1, 0.15) is 24.1 Å². The summed E-state index contributed by atoms with van der Waals surface area (Å²) >= 11 is 1.79. The van der Waals surface area contributed by atoms with Gasteiger partial charge in [-0.15, -0.1) is 11.3 Å². The molecule has 0 saturated carbocycles. The van der Waals surface area contributed by atoms with Crippen molar-refractivity contribution in [3.63, 3.8) is 0 Å². The van der Waals surface area contributed by atoms with E-state index in [0.29, 0.717) is 0 Å². The fraction of sp³-hybridized carbons (Fsp3) is 0.273. The molecule has 1 heterocycles. The van der Waals surface area contributed by atoms with E-state index >= 15 is 0 Å². The van der Waals surface area contributed by atoms with Gasteiger partial charge in [0.15, 0.2) is 0 Å². The van der Waals surface area contributed by atoms with Gasteiger partial charge in [0.1, 0.15) is 0 Å². The molecule has 0 radical (unpaired) electrons. The minimum absolute atomic E-state index is 0.128. The molecule has 1 aromatic heterocycles. The molecule has 2 N–H and O–H groups in total. The predicted octanol–water partition coefficient (Wildman–Crippen LogP) is 3.23. The van der Waals surface area contributed by atoms with Gasteiger partial charge in [-0.1, -0.05) is 6.07 Å². The van der Waals surface area contributed by atoms with Crippen LogP contribution in [0.3, 0.4) is 0 Å². The van der Waals surface area contributed by atoms with Crippen molar-refractivity contribution >= 4 is 21.4 Å². The van der Waals surface area contributed by atoms with Crippen LogP contribution in [0, 0.1) is 6.92 Å². The zero-order chi connectivity index (χ0) is 9.42. The molecule has 2 rings (SSSR count). The lowest BCUT2D eigenvalue weighted by atomic mass is 10.1. The van der Waals surface area contributed by atoms with Crippen molar-refractivity contribution in [2.45, 2.75) is 19.9 Å². The molecule has 0 bridgehead atoms. The molecule has 1 aromatic carbocycles. The molecule has 0 aliphatic rings. The van der Waals surface area contributed by atoms with Gasteiger partial charge in [0.05, 0.1) is 0 Å². The van der Waals surface area contributed by atoms with Crippen molar-refractivity contribution in [1.29, 1.82) is 0 Å². The lowest BCUT2D eigenvalue weighted by Gasteiger charge is -2.05. The molecule has 2 aromatic rings. The highest BCUT2D eigenvalue weighted by Crippen LogP contribution is 2.27. The average Bonchev–Trinajstić information content (AvgIpc) is 2.47. The van der Waals surface area contributed by atoms with E-state index in [2.05, 4.69) is 30.5 Å². The van der Waals surface area contributed by atoms with Crippen molar-refractivity contribution in [2.75, 3.05) is 0 Å². The summed E-state index contributed by atoms with van der Waals surface area (Å²) < 4.78 is 1.35. The van der Waals surface area contributed by atoms with Crippen LogP contribution in [-0.4, -0.2) is 0 Å². The Morgan fingerprint density at radius 1 is 1.38 bits per heavy atom. The van der Waals surface area contributed by atoms with Gasteiger partial charge in [0.25, 0.3) is 0 Å². The number of thiophene rings is 1. The van der Waals surface area contributed by atoms with Crippen LogP contribution in [0.2, 0.25) is 0 Å². The van der Waals surface area contributed by atoms with E-state index < -0.39 is 0 Å². The van der Waals surface area contributed by atoms with Gasteiger partial charge in [-0.25, -0.2) is 0 Å². The molecule has 0 fully saturated rings. The van der Waals surface area contributed by atoms with E-state index in [9.17, 15) is 0 Å². The summed E-state index contributed by atoms with van der Waals surface area (Å²) in [6.45, 7) is 4.16. The molecule has 1 unspecified atom stereocenters. The number of nitrogens with two attached hydrogens (primary N) is 1. The minimum Gasteiger partial charge on any atom is -0.324 e. The molecular formula is C11H13NS. The molecule has 2 heteroatoms. The van der Waals surface area contributed by atoms with E-state index in [1.807, 2.05) is 6.92 Å². The van der Waals surface area contributed by atoms with Crippen LogP contribution in [0.15, 0.2) is 23.6 Å². The van der Waals surface area contributed by atoms with Crippen LogP contribution >= 0.6 is 11.3 Å². The largest absolute Gasteiger partial charge is 0.324 e. The lowest BCUT2D eigenvalue weighted by Crippen LogP contribution is -2.04. The van der Waals surface area contributed by atoms with E-state index in [1.54, 1.807) is 11.3 Å². The molecule has 1 nitrogen and oxygen atoms in total. The zero-order valence-corrected chi connectivity index (χ0v) is 8.69. The Morgan fingerprint density at radius 2 is 2.15 bits per heavy atom. The highest BCUT2D eigenvalue weighted by molar-refractivity contribution is 7.17. The standard InChI is InChI=1S/C11H13NS/c1-7-6-13-11-4-3-9(8(2)12)5-10(7)11/h3-6,8H,12H2,1-2H3. The van der Waals surface area contributed by atoms with E-state index in [4.69, 9.17) is 5.73 Å². The molecule has 13 heavy (non-hydrogen) atoms. The van der Waals surface area contributed by atoms with Crippen LogP contribution in [0.25, 0.3) is 10.1 Å². The first-order chi connectivity index (χ1) is 6.18. The summed E-state index contributed by atoms with van der Waals surface area (Å²) in [6.07, 6.45) is 0. The third-order valence-corrected chi connectivity index (χ3v) is 3.40. The first kappa shape index (κ1) is 8.73. The number of benzene rings is 1. The maximum atomic E-state index is 5.83. The van der Waals surface area contributed by atoms with Crippen LogP contribution in [-0.2, 0) is 0 Å². The van der Waals surface area contributed by atoms with Gasteiger partial charge < -0.3 is 5.73 Å². The number of fused-ring (bicyclic) bond motifs is 1. The first-order valence-electron chi connectivity index (χ1n) is 4.42. The fourth-order valence-corrected chi connectivity index (χ4v) is 2.38. The van der Waals surface area contributed by atoms with Crippen molar-refractivity contribution < 1.29 is 0 Å². The highest BCUT2D eigenvalue weighted by Gasteiger charge is 2.03. The molecule has 68 valence electrons. The number of aryl methyl sites for hydroxylation is 1. The SMILES string of the molecule is Cc1csc2ccc(C(C)N)cc12. The van der Waals surface area contributed by atoms with Crippen molar-refractivity contribution in [3.05, 3.63) is 34.7 Å². The maximum Gasteiger partial charge on any atom is 0.0345 e. The minimum atomic E-state index is 0.128. The Balaban J connectivity index is 2.66. The number of hydrogen-bond acceptors (Lipinski definition) is 2. The number of rotatable bonds is 1. The maximum absolute atomic E-state index is 5.83. The highest BCUT2D eigenvalue weighted by atomic mass is 32.1. The summed E-state index contributed by atoms with van der Waals surface area (Å²) in [4.78, 5) is 0. The smallest absolute Gasteiger partial charge is 0.0345 e. The monoisotopic (exact) mass is 191 g/mol. The van der Waals surface area contributed by atoms with Gasteiger partial charge in [-0.3, -0.25) is 0 Å². The third-order valence-electron chi connectivity index (χ3n) is 2.32. The first-order valence-corrected chi connectivity index (χ1v) is 5.30. The Kier molecular flexibility index (Phi) is 2.10. The lowest BCUT2D eigenvalue weighted by molar-refractivity contribution is 0.820. The van der Waals surface area contributed by atoms with E-state index in [-0.39, 0.29) is 6.04 Å². The van der Waals surface area contributed by atoms with Crippen LogP contribution in [0.4, 0.5) is 0 Å². The molecule has 0 spiro atoms. The average molecular weight is 191 g/mol. The van der Waals surface area contributed by atoms with Crippen LogP contribution in [0.5, 0.6) is 0 Å². The Bertz CT molecular complexity index is 429. The molecule has 0 saturated heterocycles. The Hall–Kier alpha value is -0.860. The summed E-state index contributed by atoms with van der Waals surface area (Å²) in [5.41, 5.74) is 8.39. The predicted molar refractivity (Wildman–Crippen MR) is 59.2 cm³/mol. The number of hydrogen-bond donors (Lipinski definition) is 1. The zero-order valence-electron chi connectivity index (χ0n) is 7.87. The molecule has 1 atom stereocenters. The summed E-state index contributed by atoms with van der Waals surface area (Å²) in [7, 11) is 0. The van der Waals surface area contributed by atoms with Crippen molar-refractivity contribution in [1.82, 2.24) is 0 Å². The van der Waals surface area contributed by atoms with Gasteiger partial charge in [-0.2, -0.15) is 0 Å². The quantitative estimate of drug-likeness (QED) is 0.735.